The van der Waals surface area contributed by atoms with Crippen molar-refractivity contribution in [1.82, 2.24) is 14.5 Å². The number of ether oxygens (including phenoxy) is 1. The quantitative estimate of drug-likeness (QED) is 0.109. The van der Waals surface area contributed by atoms with E-state index in [0.29, 0.717) is 35.4 Å². The molecule has 1 heterocycles. The van der Waals surface area contributed by atoms with E-state index >= 15 is 0 Å². The normalized spacial score (nSPS) is 12.2. The molecule has 3 aromatic rings. The molecule has 0 saturated heterocycles. The molecule has 0 aliphatic carbocycles. The Hall–Kier alpha value is -3.32. The standard InChI is InChI=1S/C27H31F3N4O4S2/c1-5-7-12-23-32-25(39-27(28,29)30)24(26(35)38-6-2)34(23)17-19-13-15-20(16-14-19)21-10-8-9-11-22(21)40(36,37)31-18-33(3)4/h8-11,13-16,18H,5-7,12,17H2,1-4H3/b31-18+. The Morgan fingerprint density at radius 2 is 1.80 bits per heavy atom. The number of carbonyl (C=O) groups is 1. The lowest BCUT2D eigenvalue weighted by atomic mass is 10.0. The van der Waals surface area contributed by atoms with E-state index < -0.39 is 38.3 Å². The van der Waals surface area contributed by atoms with E-state index in [2.05, 4.69) is 9.38 Å². The Kier molecular flexibility index (Phi) is 10.4. The Labute approximate surface area is 236 Å². The SMILES string of the molecule is CCCCc1nc(SC(F)(F)F)c(C(=O)OCC)n1Cc1ccc(-c2ccccc2S(=O)(=O)/N=C/N(C)C)cc1. The molecule has 0 bridgehead atoms. The minimum atomic E-state index is -4.63. The molecule has 1 aromatic heterocycles. The van der Waals surface area contributed by atoms with E-state index in [9.17, 15) is 26.4 Å². The molecule has 0 saturated carbocycles. The first kappa shape index (κ1) is 31.2. The number of sulfonamides is 1. The molecule has 3 rings (SSSR count). The number of aromatic nitrogens is 2. The third kappa shape index (κ3) is 8.10. The monoisotopic (exact) mass is 596 g/mol. The topological polar surface area (TPSA) is 93.9 Å². The summed E-state index contributed by atoms with van der Waals surface area (Å²) < 4.78 is 75.9. The van der Waals surface area contributed by atoms with E-state index in [-0.39, 0.29) is 23.7 Å². The highest BCUT2D eigenvalue weighted by molar-refractivity contribution is 8.00. The number of benzene rings is 2. The first-order valence-corrected chi connectivity index (χ1v) is 14.8. The van der Waals surface area contributed by atoms with Crippen molar-refractivity contribution in [2.75, 3.05) is 20.7 Å². The van der Waals surface area contributed by atoms with Gasteiger partial charge in [-0.2, -0.15) is 21.6 Å². The molecule has 0 N–H and O–H groups in total. The number of nitrogens with zero attached hydrogens (tertiary/aromatic N) is 4. The lowest BCUT2D eigenvalue weighted by Crippen LogP contribution is -2.16. The molecule has 0 fully saturated rings. The number of thioether (sulfide) groups is 1. The maximum absolute atomic E-state index is 13.3. The molecule has 0 unspecified atom stereocenters. The fourth-order valence-electron chi connectivity index (χ4n) is 3.86. The van der Waals surface area contributed by atoms with Crippen LogP contribution < -0.4 is 0 Å². The van der Waals surface area contributed by atoms with Crippen LogP contribution in [-0.2, 0) is 27.7 Å². The zero-order chi connectivity index (χ0) is 29.5. The third-order valence-electron chi connectivity index (χ3n) is 5.64. The summed E-state index contributed by atoms with van der Waals surface area (Å²) in [5.74, 6) is -0.519. The van der Waals surface area contributed by atoms with Crippen molar-refractivity contribution in [3.8, 4) is 11.1 Å². The van der Waals surface area contributed by atoms with Gasteiger partial charge in [-0.05, 0) is 30.5 Å². The van der Waals surface area contributed by atoms with Gasteiger partial charge in [0.1, 0.15) is 17.2 Å². The van der Waals surface area contributed by atoms with Crippen LogP contribution in [0.5, 0.6) is 0 Å². The molecule has 216 valence electrons. The Morgan fingerprint density at radius 1 is 1.12 bits per heavy atom. The number of carbonyl (C=O) groups excluding carboxylic acids is 1. The van der Waals surface area contributed by atoms with E-state index in [1.165, 1.54) is 21.9 Å². The fraction of sp³-hybridized carbons (Fsp3) is 0.370. The highest BCUT2D eigenvalue weighted by atomic mass is 32.2. The lowest BCUT2D eigenvalue weighted by molar-refractivity contribution is -0.0329. The maximum Gasteiger partial charge on any atom is 0.447 e. The van der Waals surface area contributed by atoms with Gasteiger partial charge in [-0.1, -0.05) is 55.8 Å². The van der Waals surface area contributed by atoms with Gasteiger partial charge in [0.15, 0.2) is 5.69 Å². The summed E-state index contributed by atoms with van der Waals surface area (Å²) in [5.41, 5.74) is -3.13. The molecular formula is C27H31F3N4O4S2. The highest BCUT2D eigenvalue weighted by Crippen LogP contribution is 2.39. The van der Waals surface area contributed by atoms with Gasteiger partial charge in [0.25, 0.3) is 10.0 Å². The first-order valence-electron chi connectivity index (χ1n) is 12.5. The maximum atomic E-state index is 13.3. The number of alkyl halides is 3. The number of rotatable bonds is 12. The fourth-order valence-corrected chi connectivity index (χ4v) is 5.67. The molecule has 40 heavy (non-hydrogen) atoms. The zero-order valence-corrected chi connectivity index (χ0v) is 24.2. The second kappa shape index (κ2) is 13.4. The molecule has 0 spiro atoms. The predicted molar refractivity (Wildman–Crippen MR) is 149 cm³/mol. The summed E-state index contributed by atoms with van der Waals surface area (Å²) >= 11 is -0.434. The van der Waals surface area contributed by atoms with Crippen LogP contribution in [0.3, 0.4) is 0 Å². The summed E-state index contributed by atoms with van der Waals surface area (Å²) in [6, 6.07) is 13.4. The molecule has 0 atom stereocenters. The van der Waals surface area contributed by atoms with E-state index in [0.717, 1.165) is 6.42 Å². The number of imidazole rings is 1. The number of aryl methyl sites for hydroxylation is 1. The summed E-state index contributed by atoms with van der Waals surface area (Å²) in [4.78, 5) is 18.5. The van der Waals surface area contributed by atoms with E-state index in [1.54, 1.807) is 63.5 Å². The Balaban J connectivity index is 2.02. The Morgan fingerprint density at radius 3 is 2.40 bits per heavy atom. The van der Waals surface area contributed by atoms with Crippen LogP contribution in [0.1, 0.15) is 48.6 Å². The van der Waals surface area contributed by atoms with Crippen molar-refractivity contribution in [3.05, 3.63) is 65.6 Å². The molecule has 0 aliphatic rings. The van der Waals surface area contributed by atoms with Gasteiger partial charge in [0, 0.05) is 44.4 Å². The number of halogens is 3. The molecular weight excluding hydrogens is 565 g/mol. The van der Waals surface area contributed by atoms with Gasteiger partial charge in [0.2, 0.25) is 0 Å². The van der Waals surface area contributed by atoms with Crippen LogP contribution in [0.4, 0.5) is 13.2 Å². The van der Waals surface area contributed by atoms with Gasteiger partial charge in [-0.15, -0.1) is 4.40 Å². The van der Waals surface area contributed by atoms with Gasteiger partial charge >= 0.3 is 11.5 Å². The van der Waals surface area contributed by atoms with Gasteiger partial charge < -0.3 is 14.2 Å². The average Bonchev–Trinajstić information content (AvgIpc) is 3.21. The van der Waals surface area contributed by atoms with Gasteiger partial charge in [-0.25, -0.2) is 9.78 Å². The van der Waals surface area contributed by atoms with Crippen LogP contribution in [0, 0.1) is 0 Å². The van der Waals surface area contributed by atoms with Crippen LogP contribution in [0.2, 0.25) is 0 Å². The van der Waals surface area contributed by atoms with Crippen molar-refractivity contribution >= 4 is 34.1 Å². The third-order valence-corrected chi connectivity index (χ3v) is 7.63. The second-order valence-corrected chi connectivity index (χ2v) is 11.6. The lowest BCUT2D eigenvalue weighted by Gasteiger charge is -2.13. The summed E-state index contributed by atoms with van der Waals surface area (Å²) in [6.45, 7) is 3.61. The van der Waals surface area contributed by atoms with Crippen molar-refractivity contribution in [2.24, 2.45) is 4.40 Å². The summed E-state index contributed by atoms with van der Waals surface area (Å²) in [6.07, 6.45) is 3.07. The predicted octanol–water partition coefficient (Wildman–Crippen LogP) is 6.01. The highest BCUT2D eigenvalue weighted by Gasteiger charge is 2.36. The number of esters is 1. The van der Waals surface area contributed by atoms with Crippen molar-refractivity contribution < 1.29 is 31.1 Å². The van der Waals surface area contributed by atoms with Gasteiger partial charge in [-0.3, -0.25) is 0 Å². The Bertz CT molecular complexity index is 1450. The number of hydrogen-bond donors (Lipinski definition) is 0. The minimum Gasteiger partial charge on any atom is -0.461 e. The van der Waals surface area contributed by atoms with Crippen LogP contribution in [-0.4, -0.2) is 61.4 Å². The molecule has 0 amide bonds. The second-order valence-electron chi connectivity index (χ2n) is 8.99. The van der Waals surface area contributed by atoms with Crippen LogP contribution in [0.15, 0.2) is 62.9 Å². The summed E-state index contributed by atoms with van der Waals surface area (Å²) in [7, 11) is -0.646. The summed E-state index contributed by atoms with van der Waals surface area (Å²) in [5, 5.41) is -0.439. The number of unbranched alkanes of at least 4 members (excludes halogenated alkanes) is 1. The van der Waals surface area contributed by atoms with Crippen molar-refractivity contribution in [2.45, 2.75) is 55.1 Å². The van der Waals surface area contributed by atoms with Crippen molar-refractivity contribution in [3.63, 3.8) is 0 Å². The molecule has 0 aliphatic heterocycles. The first-order chi connectivity index (χ1) is 18.9. The van der Waals surface area contributed by atoms with Gasteiger partial charge in [0.05, 0.1) is 11.5 Å². The number of hydrogen-bond acceptors (Lipinski definition) is 6. The zero-order valence-electron chi connectivity index (χ0n) is 22.6. The van der Waals surface area contributed by atoms with E-state index in [4.69, 9.17) is 4.74 Å². The van der Waals surface area contributed by atoms with Crippen LogP contribution in [0.25, 0.3) is 11.1 Å². The van der Waals surface area contributed by atoms with Crippen LogP contribution >= 0.6 is 11.8 Å². The van der Waals surface area contributed by atoms with Crippen molar-refractivity contribution in [1.29, 1.82) is 0 Å². The average molecular weight is 597 g/mol. The smallest absolute Gasteiger partial charge is 0.447 e. The molecule has 2 aromatic carbocycles. The molecule has 8 nitrogen and oxygen atoms in total. The molecule has 0 radical (unpaired) electrons. The largest absolute Gasteiger partial charge is 0.461 e. The minimum absolute atomic E-state index is 0.0000338. The molecule has 13 heteroatoms. The van der Waals surface area contributed by atoms with E-state index in [1.807, 2.05) is 6.92 Å².